The van der Waals surface area contributed by atoms with E-state index in [0.29, 0.717) is 10.9 Å². The Morgan fingerprint density at radius 3 is 2.48 bits per heavy atom. The van der Waals surface area contributed by atoms with E-state index in [2.05, 4.69) is 4.74 Å². The predicted octanol–water partition coefficient (Wildman–Crippen LogP) is 2.07. The predicted molar refractivity (Wildman–Crippen MR) is 81.7 cm³/mol. The van der Waals surface area contributed by atoms with E-state index in [1.54, 1.807) is 24.3 Å². The maximum atomic E-state index is 11.9. The summed E-state index contributed by atoms with van der Waals surface area (Å²) in [6.45, 7) is -0.680. The van der Waals surface area contributed by atoms with E-state index in [-0.39, 0.29) is 0 Å². The van der Waals surface area contributed by atoms with E-state index in [1.807, 2.05) is 18.2 Å². The Morgan fingerprint density at radius 2 is 1.87 bits per heavy atom. The molecule has 2 atom stereocenters. The van der Waals surface area contributed by atoms with Crippen LogP contribution in [0.25, 0.3) is 10.8 Å². The van der Waals surface area contributed by atoms with Crippen molar-refractivity contribution in [1.29, 1.82) is 0 Å². The highest BCUT2D eigenvalue weighted by molar-refractivity contribution is 5.96. The first-order valence-corrected chi connectivity index (χ1v) is 6.85. The third-order valence-electron chi connectivity index (χ3n) is 3.69. The van der Waals surface area contributed by atoms with Crippen molar-refractivity contribution in [2.45, 2.75) is 5.92 Å². The summed E-state index contributed by atoms with van der Waals surface area (Å²) in [7, 11) is 1.06. The number of aliphatic carboxylic acids is 1. The van der Waals surface area contributed by atoms with Crippen LogP contribution >= 0.6 is 0 Å². The maximum absolute atomic E-state index is 11.9. The van der Waals surface area contributed by atoms with Crippen molar-refractivity contribution in [2.75, 3.05) is 13.7 Å². The molecule has 0 spiro atoms. The molecule has 7 heteroatoms. The van der Waals surface area contributed by atoms with Gasteiger partial charge in [0.1, 0.15) is 0 Å². The van der Waals surface area contributed by atoms with Crippen molar-refractivity contribution in [3.63, 3.8) is 0 Å². The second-order valence-corrected chi connectivity index (χ2v) is 5.03. The van der Waals surface area contributed by atoms with Gasteiger partial charge in [0.2, 0.25) is 6.54 Å². The van der Waals surface area contributed by atoms with Crippen molar-refractivity contribution in [2.24, 2.45) is 5.92 Å². The molecule has 0 bridgehead atoms. The van der Waals surface area contributed by atoms with Gasteiger partial charge in [-0.15, -0.1) is 0 Å². The van der Waals surface area contributed by atoms with Crippen LogP contribution in [0.5, 0.6) is 0 Å². The molecule has 0 saturated carbocycles. The Kier molecular flexibility index (Phi) is 4.90. The number of carbonyl (C=O) groups excluding carboxylic acids is 1. The van der Waals surface area contributed by atoms with E-state index in [0.717, 1.165) is 12.5 Å². The van der Waals surface area contributed by atoms with Crippen LogP contribution in [0.3, 0.4) is 0 Å². The SMILES string of the molecule is COC(=O)C(C(=O)O)C(C[N+](=O)[O-])c1cccc2ccccc12. The summed E-state index contributed by atoms with van der Waals surface area (Å²) in [5.41, 5.74) is 0.442. The first-order chi connectivity index (χ1) is 11.0. The average Bonchev–Trinajstić information content (AvgIpc) is 2.52. The van der Waals surface area contributed by atoms with Gasteiger partial charge in [-0.25, -0.2) is 0 Å². The number of esters is 1. The first-order valence-electron chi connectivity index (χ1n) is 6.85. The largest absolute Gasteiger partial charge is 0.481 e. The number of methoxy groups -OCH3 is 1. The van der Waals surface area contributed by atoms with Gasteiger partial charge >= 0.3 is 11.9 Å². The van der Waals surface area contributed by atoms with E-state index in [4.69, 9.17) is 0 Å². The lowest BCUT2D eigenvalue weighted by atomic mass is 9.83. The van der Waals surface area contributed by atoms with Gasteiger partial charge in [-0.1, -0.05) is 42.5 Å². The maximum Gasteiger partial charge on any atom is 0.320 e. The summed E-state index contributed by atoms with van der Waals surface area (Å²) in [5, 5.41) is 21.9. The molecule has 2 unspecified atom stereocenters. The summed E-state index contributed by atoms with van der Waals surface area (Å²) < 4.78 is 4.53. The lowest BCUT2D eigenvalue weighted by Crippen LogP contribution is -2.34. The zero-order valence-electron chi connectivity index (χ0n) is 12.3. The number of carboxylic acid groups (broad SMARTS) is 1. The van der Waals surface area contributed by atoms with E-state index >= 15 is 0 Å². The molecule has 0 radical (unpaired) electrons. The van der Waals surface area contributed by atoms with Crippen LogP contribution in [0.15, 0.2) is 42.5 Å². The quantitative estimate of drug-likeness (QED) is 0.378. The minimum absolute atomic E-state index is 0.442. The fourth-order valence-electron chi connectivity index (χ4n) is 2.68. The third kappa shape index (κ3) is 3.45. The Labute approximate surface area is 131 Å². The molecule has 0 aliphatic heterocycles. The standard InChI is InChI=1S/C16H15NO6/c1-23-16(20)14(15(18)19)13(9-17(21)22)12-8-4-6-10-5-2-3-7-11(10)12/h2-8,13-14H,9H2,1H3,(H,18,19). The number of fused-ring (bicyclic) bond motifs is 1. The summed E-state index contributed by atoms with van der Waals surface area (Å²) >= 11 is 0. The van der Waals surface area contributed by atoms with Gasteiger partial charge in [0, 0.05) is 4.92 Å². The van der Waals surface area contributed by atoms with Gasteiger partial charge in [0.25, 0.3) is 0 Å². The van der Waals surface area contributed by atoms with Gasteiger partial charge in [0.15, 0.2) is 5.92 Å². The lowest BCUT2D eigenvalue weighted by Gasteiger charge is -2.20. The summed E-state index contributed by atoms with van der Waals surface area (Å²) in [5.74, 6) is -5.22. The van der Waals surface area contributed by atoms with Crippen molar-refractivity contribution < 1.29 is 24.4 Å². The summed E-state index contributed by atoms with van der Waals surface area (Å²) in [6, 6.07) is 12.2. The molecule has 2 rings (SSSR count). The van der Waals surface area contributed by atoms with Crippen molar-refractivity contribution >= 4 is 22.7 Å². The Morgan fingerprint density at radius 1 is 1.22 bits per heavy atom. The van der Waals surface area contributed by atoms with Gasteiger partial charge in [-0.05, 0) is 16.3 Å². The molecule has 7 nitrogen and oxygen atoms in total. The molecule has 0 saturated heterocycles. The molecule has 0 aliphatic rings. The number of ether oxygens (including phenoxy) is 1. The van der Waals surface area contributed by atoms with Crippen LogP contribution in [0.4, 0.5) is 0 Å². The number of carboxylic acids is 1. The fraction of sp³-hybridized carbons (Fsp3) is 0.250. The lowest BCUT2D eigenvalue weighted by molar-refractivity contribution is -0.484. The smallest absolute Gasteiger partial charge is 0.320 e. The Balaban J connectivity index is 2.63. The minimum atomic E-state index is -1.64. The van der Waals surface area contributed by atoms with Crippen molar-refractivity contribution in [1.82, 2.24) is 0 Å². The number of hydrogen-bond donors (Lipinski definition) is 1. The number of benzene rings is 2. The molecule has 23 heavy (non-hydrogen) atoms. The highest BCUT2D eigenvalue weighted by atomic mass is 16.6. The minimum Gasteiger partial charge on any atom is -0.481 e. The first kappa shape index (κ1) is 16.4. The van der Waals surface area contributed by atoms with Crippen LogP contribution < -0.4 is 0 Å². The molecule has 120 valence electrons. The molecule has 2 aromatic rings. The molecule has 2 aromatic carbocycles. The number of nitrogens with zero attached hydrogens (tertiary/aromatic N) is 1. The second kappa shape index (κ2) is 6.87. The van der Waals surface area contributed by atoms with Gasteiger partial charge < -0.3 is 9.84 Å². The third-order valence-corrected chi connectivity index (χ3v) is 3.69. The number of rotatable bonds is 6. The highest BCUT2D eigenvalue weighted by Crippen LogP contribution is 2.32. The van der Waals surface area contributed by atoms with Crippen LogP contribution in [0.1, 0.15) is 11.5 Å². The van der Waals surface area contributed by atoms with E-state index in [1.165, 1.54) is 0 Å². The summed E-state index contributed by atoms with van der Waals surface area (Å²) in [6.07, 6.45) is 0. The van der Waals surface area contributed by atoms with Gasteiger partial charge in [-0.3, -0.25) is 19.7 Å². The molecule has 1 N–H and O–H groups in total. The normalized spacial score (nSPS) is 13.3. The molecule has 0 aromatic heterocycles. The Bertz CT molecular complexity index is 752. The Hall–Kier alpha value is -2.96. The average molecular weight is 317 g/mol. The molecule has 0 heterocycles. The molecule has 0 fully saturated rings. The van der Waals surface area contributed by atoms with Gasteiger partial charge in [-0.2, -0.15) is 0 Å². The molecule has 0 amide bonds. The van der Waals surface area contributed by atoms with Crippen molar-refractivity contribution in [3.05, 3.63) is 58.1 Å². The zero-order valence-corrected chi connectivity index (χ0v) is 12.3. The van der Waals surface area contributed by atoms with Gasteiger partial charge in [0.05, 0.1) is 13.0 Å². The van der Waals surface area contributed by atoms with E-state index in [9.17, 15) is 24.8 Å². The monoisotopic (exact) mass is 317 g/mol. The number of nitro groups is 1. The fourth-order valence-corrected chi connectivity index (χ4v) is 2.68. The van der Waals surface area contributed by atoms with Crippen LogP contribution in [-0.4, -0.2) is 35.6 Å². The number of carbonyl (C=O) groups is 2. The molecular weight excluding hydrogens is 302 g/mol. The second-order valence-electron chi connectivity index (χ2n) is 5.03. The zero-order chi connectivity index (χ0) is 17.0. The molecular formula is C16H15NO6. The van der Waals surface area contributed by atoms with Crippen molar-refractivity contribution in [3.8, 4) is 0 Å². The molecule has 0 aliphatic carbocycles. The van der Waals surface area contributed by atoms with Crippen LogP contribution in [0, 0.1) is 16.0 Å². The van der Waals surface area contributed by atoms with Crippen LogP contribution in [0.2, 0.25) is 0 Å². The van der Waals surface area contributed by atoms with E-state index < -0.39 is 35.2 Å². The highest BCUT2D eigenvalue weighted by Gasteiger charge is 2.40. The topological polar surface area (TPSA) is 107 Å². The van der Waals surface area contributed by atoms with Crippen LogP contribution in [-0.2, 0) is 14.3 Å². The summed E-state index contributed by atoms with van der Waals surface area (Å²) in [4.78, 5) is 33.8. The number of hydrogen-bond acceptors (Lipinski definition) is 5.